The maximum absolute atomic E-state index is 12.7. The molecule has 3 saturated carbocycles. The van der Waals surface area contributed by atoms with Crippen LogP contribution in [-0.4, -0.2) is 35.0 Å². The summed E-state index contributed by atoms with van der Waals surface area (Å²) in [4.78, 5) is 36.9. The highest BCUT2D eigenvalue weighted by molar-refractivity contribution is 5.92. The highest BCUT2D eigenvalue weighted by Gasteiger charge is 2.83. The number of carbonyl (C=O) groups excluding carboxylic acids is 3. The molecule has 5 fully saturated rings. The Hall–Kier alpha value is -1.69. The average Bonchev–Trinajstić information content (AvgIpc) is 3.14. The maximum atomic E-state index is 12.7. The molecular weight excluding hydrogens is 370 g/mol. The van der Waals surface area contributed by atoms with Crippen molar-refractivity contribution in [2.24, 2.45) is 34.3 Å². The molecule has 29 heavy (non-hydrogen) atoms. The van der Waals surface area contributed by atoms with E-state index in [9.17, 15) is 14.4 Å². The third kappa shape index (κ3) is 1.86. The lowest BCUT2D eigenvalue weighted by molar-refractivity contribution is -0.167. The van der Waals surface area contributed by atoms with Crippen LogP contribution in [0.5, 0.6) is 0 Å². The molecule has 0 bridgehead atoms. The zero-order chi connectivity index (χ0) is 20.4. The molecule has 3 unspecified atom stereocenters. The fraction of sp³-hybridized carbons (Fsp3) is 0.783. The number of ketones is 1. The summed E-state index contributed by atoms with van der Waals surface area (Å²) in [5.74, 6) is -0.316. The van der Waals surface area contributed by atoms with Crippen LogP contribution in [0.2, 0.25) is 0 Å². The summed E-state index contributed by atoms with van der Waals surface area (Å²) in [7, 11) is 0. The van der Waals surface area contributed by atoms with E-state index in [2.05, 4.69) is 13.8 Å². The second-order valence-corrected chi connectivity index (χ2v) is 10.8. The molecule has 8 atom stereocenters. The van der Waals surface area contributed by atoms with Gasteiger partial charge >= 0.3 is 5.97 Å². The van der Waals surface area contributed by atoms with Crippen molar-refractivity contribution < 1.29 is 23.9 Å². The summed E-state index contributed by atoms with van der Waals surface area (Å²) in [5, 5.41) is 0. The van der Waals surface area contributed by atoms with Gasteiger partial charge in [-0.05, 0) is 50.5 Å². The predicted molar refractivity (Wildman–Crippen MR) is 102 cm³/mol. The molecule has 156 valence electrons. The van der Waals surface area contributed by atoms with Crippen molar-refractivity contribution in [1.82, 2.24) is 0 Å². The van der Waals surface area contributed by atoms with Gasteiger partial charge in [-0.25, -0.2) is 0 Å². The molecule has 6 nitrogen and oxygen atoms in total. The minimum Gasteiger partial charge on any atom is -0.458 e. The van der Waals surface area contributed by atoms with Crippen LogP contribution in [0, 0.1) is 28.6 Å². The van der Waals surface area contributed by atoms with Crippen LogP contribution in [0.1, 0.15) is 65.2 Å². The van der Waals surface area contributed by atoms with Crippen LogP contribution in [0.4, 0.5) is 0 Å². The Labute approximate surface area is 170 Å². The van der Waals surface area contributed by atoms with Crippen LogP contribution in [0.15, 0.2) is 11.6 Å². The minimum atomic E-state index is -0.422. The van der Waals surface area contributed by atoms with E-state index in [1.165, 1.54) is 0 Å². The van der Waals surface area contributed by atoms with Crippen molar-refractivity contribution in [3.05, 3.63) is 11.6 Å². The number of primary amides is 1. The van der Waals surface area contributed by atoms with Gasteiger partial charge in [0.05, 0.1) is 6.10 Å². The molecule has 6 aliphatic rings. The molecule has 2 saturated heterocycles. The third-order valence-electron chi connectivity index (χ3n) is 10.1. The van der Waals surface area contributed by atoms with Gasteiger partial charge in [-0.1, -0.05) is 19.4 Å². The Morgan fingerprint density at radius 3 is 2.66 bits per heavy atom. The van der Waals surface area contributed by atoms with Crippen LogP contribution >= 0.6 is 0 Å². The van der Waals surface area contributed by atoms with Crippen molar-refractivity contribution in [2.75, 3.05) is 0 Å². The van der Waals surface area contributed by atoms with E-state index in [1.807, 2.05) is 0 Å². The molecule has 0 aromatic heterocycles. The van der Waals surface area contributed by atoms with Crippen molar-refractivity contribution >= 4 is 17.7 Å². The summed E-state index contributed by atoms with van der Waals surface area (Å²) in [6.07, 6.45) is 7.57. The molecule has 4 aliphatic carbocycles. The van der Waals surface area contributed by atoms with E-state index >= 15 is 0 Å². The molecule has 0 aromatic carbocycles. The van der Waals surface area contributed by atoms with Crippen LogP contribution in [0.3, 0.4) is 0 Å². The average molecular weight is 399 g/mol. The fourth-order valence-electron chi connectivity index (χ4n) is 8.58. The van der Waals surface area contributed by atoms with Gasteiger partial charge in [-0.3, -0.25) is 14.4 Å². The van der Waals surface area contributed by atoms with E-state index in [1.54, 1.807) is 6.08 Å². The van der Waals surface area contributed by atoms with Gasteiger partial charge in [0.25, 0.3) is 0 Å². The van der Waals surface area contributed by atoms with Gasteiger partial charge in [0, 0.05) is 35.5 Å². The van der Waals surface area contributed by atoms with Crippen molar-refractivity contribution in [3.8, 4) is 0 Å². The summed E-state index contributed by atoms with van der Waals surface area (Å²) in [6.45, 7) is 4.49. The fourth-order valence-corrected chi connectivity index (χ4v) is 8.58. The molecule has 6 heteroatoms. The normalized spacial score (nSPS) is 54.8. The summed E-state index contributed by atoms with van der Waals surface area (Å²) in [6, 6.07) is 0. The van der Waals surface area contributed by atoms with E-state index in [0.29, 0.717) is 19.3 Å². The second kappa shape index (κ2) is 5.13. The summed E-state index contributed by atoms with van der Waals surface area (Å²) >= 11 is 0. The number of rotatable bonds is 1. The number of epoxide rings is 1. The maximum Gasteiger partial charge on any atom is 0.306 e. The summed E-state index contributed by atoms with van der Waals surface area (Å²) in [5.41, 5.74) is 5.77. The Morgan fingerprint density at radius 2 is 1.97 bits per heavy atom. The molecule has 2 heterocycles. The molecule has 2 N–H and O–H groups in total. The first kappa shape index (κ1) is 18.1. The van der Waals surface area contributed by atoms with E-state index in [4.69, 9.17) is 15.2 Å². The van der Waals surface area contributed by atoms with Gasteiger partial charge in [0.15, 0.2) is 5.78 Å². The monoisotopic (exact) mass is 399 g/mol. The Bertz CT molecular complexity index is 896. The lowest BCUT2D eigenvalue weighted by Crippen LogP contribution is -2.63. The topological polar surface area (TPSA) is 99.0 Å². The Balaban J connectivity index is 1.49. The molecule has 6 rings (SSSR count). The quantitative estimate of drug-likeness (QED) is 0.539. The van der Waals surface area contributed by atoms with E-state index < -0.39 is 11.2 Å². The molecule has 1 amide bonds. The van der Waals surface area contributed by atoms with Gasteiger partial charge in [0.2, 0.25) is 5.91 Å². The largest absolute Gasteiger partial charge is 0.458 e. The zero-order valence-electron chi connectivity index (χ0n) is 17.2. The van der Waals surface area contributed by atoms with Crippen molar-refractivity contribution in [2.45, 2.75) is 82.5 Å². The van der Waals surface area contributed by atoms with Gasteiger partial charge < -0.3 is 15.2 Å². The van der Waals surface area contributed by atoms with Gasteiger partial charge in [0.1, 0.15) is 11.2 Å². The highest BCUT2D eigenvalue weighted by Crippen LogP contribution is 2.78. The number of hydrogen-bond donors (Lipinski definition) is 1. The first-order chi connectivity index (χ1) is 13.7. The number of nitrogens with two attached hydrogens (primary N) is 1. The van der Waals surface area contributed by atoms with E-state index in [-0.39, 0.29) is 52.3 Å². The molecule has 2 spiro atoms. The van der Waals surface area contributed by atoms with Gasteiger partial charge in [-0.2, -0.15) is 0 Å². The number of fused-ring (bicyclic) bond motifs is 4. The number of hydrogen-bond acceptors (Lipinski definition) is 5. The SMILES string of the molecule is C[C@]12CCC(=O)C=C1C[C@@H](C(N)=O)C1C3CC[C@@]4(CCC(=O)O4)[C@@]3(C)C[C@@H]3OC132. The smallest absolute Gasteiger partial charge is 0.306 e. The van der Waals surface area contributed by atoms with Crippen LogP contribution in [-0.2, 0) is 23.9 Å². The summed E-state index contributed by atoms with van der Waals surface area (Å²) < 4.78 is 12.6. The lowest BCUT2D eigenvalue weighted by atomic mass is 9.43. The second-order valence-electron chi connectivity index (χ2n) is 10.8. The molecule has 0 radical (unpaired) electrons. The number of carbonyl (C=O) groups is 3. The highest BCUT2D eigenvalue weighted by atomic mass is 16.6. The van der Waals surface area contributed by atoms with Crippen molar-refractivity contribution in [3.63, 3.8) is 0 Å². The minimum absolute atomic E-state index is 0.0257. The predicted octanol–water partition coefficient (Wildman–Crippen LogP) is 2.44. The third-order valence-corrected chi connectivity index (χ3v) is 10.1. The molecule has 2 aliphatic heterocycles. The molecule has 0 aromatic rings. The first-order valence-electron chi connectivity index (χ1n) is 11.1. The van der Waals surface area contributed by atoms with Gasteiger partial charge in [-0.15, -0.1) is 0 Å². The first-order valence-corrected chi connectivity index (χ1v) is 11.1. The van der Waals surface area contributed by atoms with Crippen LogP contribution in [0.25, 0.3) is 0 Å². The van der Waals surface area contributed by atoms with Crippen molar-refractivity contribution in [1.29, 1.82) is 0 Å². The zero-order valence-corrected chi connectivity index (χ0v) is 17.2. The van der Waals surface area contributed by atoms with E-state index in [0.717, 1.165) is 37.7 Å². The number of amides is 1. The van der Waals surface area contributed by atoms with Crippen LogP contribution < -0.4 is 5.73 Å². The molecular formula is C23H29NO5. The standard InChI is InChI=1S/C23H29NO5/c1-20-6-3-13(25)9-12(20)10-14(19(24)27)18-15-4-7-22(8-5-17(26)29-22)21(15,2)11-16-23(18,20)28-16/h9,14-16,18H,3-8,10-11H2,1-2H3,(H2,24,27)/t14-,15?,16+,18?,20+,21+,22-,23?/m1/s1. The Morgan fingerprint density at radius 1 is 1.17 bits per heavy atom. The Kier molecular flexibility index (Phi) is 3.20. The lowest BCUT2D eigenvalue weighted by Gasteiger charge is -2.58. The number of ether oxygens (including phenoxy) is 2. The number of esters is 1.